The molecule has 0 atom stereocenters. The fraction of sp³-hybridized carbons (Fsp3) is 0.133. The zero-order chi connectivity index (χ0) is 16.4. The fourth-order valence-corrected chi connectivity index (χ4v) is 2.32. The highest BCUT2D eigenvalue weighted by molar-refractivity contribution is 6.02. The van der Waals surface area contributed by atoms with Crippen LogP contribution >= 0.6 is 24.8 Å². The van der Waals surface area contributed by atoms with Crippen LogP contribution < -0.4 is 11.5 Å². The molecule has 3 aromatic rings. The van der Waals surface area contributed by atoms with E-state index in [1.807, 2.05) is 31.2 Å². The maximum Gasteiger partial charge on any atom is 0.283 e. The molecule has 3 rings (SSSR count). The molecular formula is C15H17Cl2N7O. The lowest BCUT2D eigenvalue weighted by Gasteiger charge is -2.06. The molecule has 8 nitrogen and oxygen atoms in total. The Morgan fingerprint density at radius 1 is 1.16 bits per heavy atom. The van der Waals surface area contributed by atoms with E-state index in [1.54, 1.807) is 10.9 Å². The lowest BCUT2D eigenvalue weighted by Crippen LogP contribution is -2.24. The number of aliphatic imine (C=N–C) groups is 1. The average Bonchev–Trinajstić information content (AvgIpc) is 2.97. The Morgan fingerprint density at radius 2 is 1.84 bits per heavy atom. The zero-order valence-corrected chi connectivity index (χ0v) is 14.9. The van der Waals surface area contributed by atoms with E-state index >= 15 is 0 Å². The molecule has 10 heteroatoms. The first-order valence-electron chi connectivity index (χ1n) is 7.03. The standard InChI is InChI=1S/C15H15N7O.2ClH/c1-2-12-9(14(23)21-15(16)17)7-19-22(12)13-8-18-10-5-3-4-6-11(10)20-13;;/h3-8H,2H2,1H3,(H4,16,17,21,23);2*1H. The highest BCUT2D eigenvalue weighted by atomic mass is 35.5. The monoisotopic (exact) mass is 381 g/mol. The molecular weight excluding hydrogens is 365 g/mol. The van der Waals surface area contributed by atoms with Crippen molar-refractivity contribution in [3.8, 4) is 5.82 Å². The van der Waals surface area contributed by atoms with E-state index in [4.69, 9.17) is 11.5 Å². The van der Waals surface area contributed by atoms with Gasteiger partial charge in [0.1, 0.15) is 0 Å². The number of nitrogens with zero attached hydrogens (tertiary/aromatic N) is 5. The maximum absolute atomic E-state index is 12.1. The summed E-state index contributed by atoms with van der Waals surface area (Å²) in [7, 11) is 0. The van der Waals surface area contributed by atoms with Crippen molar-refractivity contribution in [2.45, 2.75) is 13.3 Å². The van der Waals surface area contributed by atoms with Gasteiger partial charge < -0.3 is 11.5 Å². The van der Waals surface area contributed by atoms with Crippen LogP contribution in [-0.4, -0.2) is 31.6 Å². The summed E-state index contributed by atoms with van der Waals surface area (Å²) in [5, 5.41) is 4.23. The number of carbonyl (C=O) groups excluding carboxylic acids is 1. The Kier molecular flexibility index (Phi) is 6.84. The van der Waals surface area contributed by atoms with Crippen molar-refractivity contribution >= 4 is 47.7 Å². The Hall–Kier alpha value is -2.71. The van der Waals surface area contributed by atoms with Crippen molar-refractivity contribution in [3.05, 3.63) is 47.9 Å². The number of aromatic nitrogens is 4. The normalized spacial score (nSPS) is 9.80. The summed E-state index contributed by atoms with van der Waals surface area (Å²) < 4.78 is 1.58. The molecule has 4 N–H and O–H groups in total. The number of hydrogen-bond acceptors (Lipinski definition) is 4. The topological polar surface area (TPSA) is 125 Å². The molecule has 0 radical (unpaired) electrons. The molecule has 0 spiro atoms. The third kappa shape index (κ3) is 4.04. The summed E-state index contributed by atoms with van der Waals surface area (Å²) in [6.45, 7) is 1.91. The summed E-state index contributed by atoms with van der Waals surface area (Å²) >= 11 is 0. The molecule has 0 fully saturated rings. The number of nitrogens with two attached hydrogens (primary N) is 2. The summed E-state index contributed by atoms with van der Waals surface area (Å²) in [5.41, 5.74) is 13.1. The van der Waals surface area contributed by atoms with Crippen LogP contribution in [0, 0.1) is 0 Å². The number of para-hydroxylation sites is 2. The molecule has 1 amide bonds. The molecule has 0 aliphatic heterocycles. The second kappa shape index (κ2) is 8.41. The van der Waals surface area contributed by atoms with E-state index in [0.29, 0.717) is 23.5 Å². The van der Waals surface area contributed by atoms with E-state index in [0.717, 1.165) is 11.0 Å². The van der Waals surface area contributed by atoms with Gasteiger partial charge in [-0.05, 0) is 18.6 Å². The molecule has 132 valence electrons. The second-order valence-electron chi connectivity index (χ2n) is 4.83. The summed E-state index contributed by atoms with van der Waals surface area (Å²) in [6.07, 6.45) is 3.61. The van der Waals surface area contributed by atoms with E-state index in [9.17, 15) is 4.79 Å². The van der Waals surface area contributed by atoms with Gasteiger partial charge in [0, 0.05) is 0 Å². The highest BCUT2D eigenvalue weighted by Crippen LogP contribution is 2.17. The smallest absolute Gasteiger partial charge is 0.283 e. The lowest BCUT2D eigenvalue weighted by molar-refractivity contribution is 0.100. The quantitative estimate of drug-likeness (QED) is 0.524. The second-order valence-corrected chi connectivity index (χ2v) is 4.83. The summed E-state index contributed by atoms with van der Waals surface area (Å²) in [6, 6.07) is 7.53. The molecule has 0 saturated carbocycles. The number of amides is 1. The third-order valence-corrected chi connectivity index (χ3v) is 3.32. The first-order valence-corrected chi connectivity index (χ1v) is 7.03. The molecule has 0 unspecified atom stereocenters. The van der Waals surface area contributed by atoms with Crippen molar-refractivity contribution in [2.75, 3.05) is 0 Å². The minimum Gasteiger partial charge on any atom is -0.370 e. The van der Waals surface area contributed by atoms with Crippen molar-refractivity contribution < 1.29 is 4.79 Å². The third-order valence-electron chi connectivity index (χ3n) is 3.32. The predicted octanol–water partition coefficient (Wildman–Crippen LogP) is 1.64. The van der Waals surface area contributed by atoms with E-state index in [1.165, 1.54) is 6.20 Å². The minimum absolute atomic E-state index is 0. The van der Waals surface area contributed by atoms with Crippen LogP contribution in [0.4, 0.5) is 0 Å². The number of fused-ring (bicyclic) bond motifs is 1. The maximum atomic E-state index is 12.1. The van der Waals surface area contributed by atoms with Crippen LogP contribution in [0.5, 0.6) is 0 Å². The predicted molar refractivity (Wildman–Crippen MR) is 101 cm³/mol. The van der Waals surface area contributed by atoms with Crippen molar-refractivity contribution in [1.82, 2.24) is 19.7 Å². The number of carbonyl (C=O) groups is 1. The van der Waals surface area contributed by atoms with Gasteiger partial charge in [-0.15, -0.1) is 24.8 Å². The van der Waals surface area contributed by atoms with Crippen LogP contribution in [0.15, 0.2) is 41.7 Å². The average molecular weight is 382 g/mol. The molecule has 25 heavy (non-hydrogen) atoms. The number of hydrogen-bond donors (Lipinski definition) is 2. The van der Waals surface area contributed by atoms with Crippen LogP contribution in [0.25, 0.3) is 16.9 Å². The Labute approximate surface area is 156 Å². The van der Waals surface area contributed by atoms with Gasteiger partial charge >= 0.3 is 0 Å². The van der Waals surface area contributed by atoms with E-state index in [-0.39, 0.29) is 30.8 Å². The van der Waals surface area contributed by atoms with E-state index < -0.39 is 5.91 Å². The molecule has 0 bridgehead atoms. The first-order chi connectivity index (χ1) is 11.1. The number of rotatable bonds is 3. The van der Waals surface area contributed by atoms with Gasteiger partial charge in [0.05, 0.1) is 34.7 Å². The Balaban J connectivity index is 0.00000156. The molecule has 0 aliphatic carbocycles. The number of halogens is 2. The Bertz CT molecular complexity index is 919. The van der Waals surface area contributed by atoms with Gasteiger partial charge in [-0.3, -0.25) is 9.78 Å². The van der Waals surface area contributed by atoms with Crippen molar-refractivity contribution in [1.29, 1.82) is 0 Å². The zero-order valence-electron chi connectivity index (χ0n) is 13.3. The van der Waals surface area contributed by atoms with Gasteiger partial charge in [0.2, 0.25) is 0 Å². The van der Waals surface area contributed by atoms with Crippen LogP contribution in [0.2, 0.25) is 0 Å². The van der Waals surface area contributed by atoms with Gasteiger partial charge in [0.25, 0.3) is 5.91 Å². The number of guanidine groups is 1. The summed E-state index contributed by atoms with van der Waals surface area (Å²) in [4.78, 5) is 24.5. The Morgan fingerprint density at radius 3 is 2.48 bits per heavy atom. The largest absolute Gasteiger partial charge is 0.370 e. The first kappa shape index (κ1) is 20.3. The molecule has 0 saturated heterocycles. The number of benzene rings is 1. The lowest BCUT2D eigenvalue weighted by atomic mass is 10.2. The molecule has 0 aliphatic rings. The molecule has 1 aromatic carbocycles. The summed E-state index contributed by atoms with van der Waals surface area (Å²) in [5.74, 6) is -0.276. The van der Waals surface area contributed by atoms with Crippen LogP contribution in [-0.2, 0) is 6.42 Å². The SMILES string of the molecule is CCc1c(C(=O)N=C(N)N)cnn1-c1cnc2ccccc2n1.Cl.Cl. The minimum atomic E-state index is -0.526. The van der Waals surface area contributed by atoms with Gasteiger partial charge in [-0.1, -0.05) is 19.1 Å². The van der Waals surface area contributed by atoms with Crippen LogP contribution in [0.3, 0.4) is 0 Å². The fourth-order valence-electron chi connectivity index (χ4n) is 2.32. The van der Waals surface area contributed by atoms with Gasteiger partial charge in [0.15, 0.2) is 11.8 Å². The van der Waals surface area contributed by atoms with Gasteiger partial charge in [-0.25, -0.2) is 9.67 Å². The van der Waals surface area contributed by atoms with Crippen LogP contribution in [0.1, 0.15) is 23.0 Å². The molecule has 2 aromatic heterocycles. The van der Waals surface area contributed by atoms with Gasteiger partial charge in [-0.2, -0.15) is 10.1 Å². The molecule has 2 heterocycles. The van der Waals surface area contributed by atoms with Crippen molar-refractivity contribution in [3.63, 3.8) is 0 Å². The van der Waals surface area contributed by atoms with Crippen molar-refractivity contribution in [2.24, 2.45) is 16.5 Å². The highest BCUT2D eigenvalue weighted by Gasteiger charge is 2.18. The van der Waals surface area contributed by atoms with E-state index in [2.05, 4.69) is 20.1 Å².